The first-order chi connectivity index (χ1) is 9.11. The zero-order valence-electron chi connectivity index (χ0n) is 12.0. The van der Waals surface area contributed by atoms with Gasteiger partial charge in [-0.05, 0) is 12.3 Å². The molecule has 1 unspecified atom stereocenters. The Hall–Kier alpha value is -1.65. The zero-order valence-corrected chi connectivity index (χ0v) is 12.0. The quantitative estimate of drug-likeness (QED) is 0.831. The van der Waals surface area contributed by atoms with Crippen molar-refractivity contribution < 1.29 is 4.79 Å². The van der Waals surface area contributed by atoms with E-state index in [-0.39, 0.29) is 5.91 Å². The lowest BCUT2D eigenvalue weighted by Crippen LogP contribution is -2.48. The summed E-state index contributed by atoms with van der Waals surface area (Å²) >= 11 is 0. The van der Waals surface area contributed by atoms with E-state index in [1.54, 1.807) is 13.3 Å². The summed E-state index contributed by atoms with van der Waals surface area (Å²) in [6, 6.07) is 2.08. The van der Waals surface area contributed by atoms with Crippen LogP contribution in [-0.4, -0.2) is 47.0 Å². The zero-order chi connectivity index (χ0) is 13.8. The van der Waals surface area contributed by atoms with Crippen LogP contribution in [0.2, 0.25) is 0 Å². The van der Waals surface area contributed by atoms with Crippen molar-refractivity contribution >= 4 is 11.7 Å². The maximum absolute atomic E-state index is 11.3. The molecule has 0 saturated carbocycles. The average molecular weight is 262 g/mol. The third-order valence-corrected chi connectivity index (χ3v) is 3.84. The second-order valence-corrected chi connectivity index (χ2v) is 5.10. The molecule has 2 rings (SSSR count). The molecule has 19 heavy (non-hydrogen) atoms. The average Bonchev–Trinajstić information content (AvgIpc) is 2.46. The van der Waals surface area contributed by atoms with Gasteiger partial charge >= 0.3 is 0 Å². The summed E-state index contributed by atoms with van der Waals surface area (Å²) in [4.78, 5) is 24.1. The van der Waals surface area contributed by atoms with Crippen molar-refractivity contribution in [3.8, 4) is 0 Å². The minimum atomic E-state index is 0.155. The summed E-state index contributed by atoms with van der Waals surface area (Å²) in [5.74, 6) is 1.59. The largest absolute Gasteiger partial charge is 0.353 e. The van der Waals surface area contributed by atoms with Gasteiger partial charge in [0.15, 0.2) is 0 Å². The molecular formula is C14H22N4O. The maximum Gasteiger partial charge on any atom is 0.219 e. The van der Waals surface area contributed by atoms with E-state index in [1.807, 2.05) is 4.90 Å². The van der Waals surface area contributed by atoms with Gasteiger partial charge in [0.25, 0.3) is 0 Å². The molecule has 5 heteroatoms. The van der Waals surface area contributed by atoms with Crippen LogP contribution in [0.4, 0.5) is 5.82 Å². The Bertz CT molecular complexity index is 441. The van der Waals surface area contributed by atoms with Gasteiger partial charge in [0.05, 0.1) is 0 Å². The number of piperazine rings is 1. The first-order valence-corrected chi connectivity index (χ1v) is 6.94. The molecule has 1 amide bonds. The van der Waals surface area contributed by atoms with Gasteiger partial charge in [-0.1, -0.05) is 13.8 Å². The topological polar surface area (TPSA) is 49.3 Å². The monoisotopic (exact) mass is 262 g/mol. The fraction of sp³-hybridized carbons (Fsp3) is 0.643. The molecule has 1 aliphatic rings. The predicted octanol–water partition coefficient (Wildman–Crippen LogP) is 1.66. The highest BCUT2D eigenvalue weighted by Crippen LogP contribution is 2.20. The molecule has 0 radical (unpaired) electrons. The van der Waals surface area contributed by atoms with Crippen molar-refractivity contribution in [2.24, 2.45) is 0 Å². The highest BCUT2D eigenvalue weighted by molar-refractivity contribution is 5.73. The van der Waals surface area contributed by atoms with Gasteiger partial charge in [-0.2, -0.15) is 0 Å². The Morgan fingerprint density at radius 3 is 2.58 bits per heavy atom. The Balaban J connectivity index is 2.05. The van der Waals surface area contributed by atoms with Crippen molar-refractivity contribution in [3.05, 3.63) is 18.1 Å². The number of anilines is 1. The molecule has 1 aromatic heterocycles. The summed E-state index contributed by atoms with van der Waals surface area (Å²) in [7, 11) is 0. The molecule has 0 N–H and O–H groups in total. The van der Waals surface area contributed by atoms with Crippen LogP contribution in [0.5, 0.6) is 0 Å². The number of nitrogens with zero attached hydrogens (tertiary/aromatic N) is 4. The van der Waals surface area contributed by atoms with Crippen LogP contribution >= 0.6 is 0 Å². The molecule has 1 aliphatic heterocycles. The van der Waals surface area contributed by atoms with Crippen molar-refractivity contribution in [1.82, 2.24) is 14.9 Å². The summed E-state index contributed by atoms with van der Waals surface area (Å²) in [6.07, 6.45) is 2.72. The van der Waals surface area contributed by atoms with E-state index >= 15 is 0 Å². The smallest absolute Gasteiger partial charge is 0.219 e. The number of hydrogen-bond donors (Lipinski definition) is 0. The first-order valence-electron chi connectivity index (χ1n) is 6.94. The molecule has 1 aromatic rings. The number of aromatic nitrogens is 2. The molecule has 0 bridgehead atoms. The van der Waals surface area contributed by atoms with E-state index in [4.69, 9.17) is 0 Å². The highest BCUT2D eigenvalue weighted by atomic mass is 16.2. The van der Waals surface area contributed by atoms with Crippen LogP contribution in [0, 0.1) is 0 Å². The number of rotatable bonds is 3. The van der Waals surface area contributed by atoms with Gasteiger partial charge in [-0.15, -0.1) is 0 Å². The summed E-state index contributed by atoms with van der Waals surface area (Å²) in [6.45, 7) is 9.21. The summed E-state index contributed by atoms with van der Waals surface area (Å²) in [5, 5.41) is 0. The summed E-state index contributed by atoms with van der Waals surface area (Å²) in [5.41, 5.74) is 1.10. The lowest BCUT2D eigenvalue weighted by atomic mass is 10.1. The molecule has 1 fully saturated rings. The Morgan fingerprint density at radius 1 is 1.32 bits per heavy atom. The van der Waals surface area contributed by atoms with Crippen LogP contribution in [0.3, 0.4) is 0 Å². The first kappa shape index (κ1) is 13.8. The van der Waals surface area contributed by atoms with E-state index < -0.39 is 0 Å². The fourth-order valence-electron chi connectivity index (χ4n) is 2.26. The van der Waals surface area contributed by atoms with Crippen LogP contribution in [0.1, 0.15) is 38.8 Å². The Morgan fingerprint density at radius 2 is 2.00 bits per heavy atom. The standard InChI is InChI=1S/C14H22N4O/c1-4-11(2)13-9-14(16-10-15-13)18-7-5-17(6-8-18)12(3)19/h9-11H,4-8H2,1-3H3. The SMILES string of the molecule is CCC(C)c1cc(N2CCN(C(C)=O)CC2)ncn1. The van der Waals surface area contributed by atoms with Gasteiger partial charge in [-0.3, -0.25) is 4.79 Å². The Kier molecular flexibility index (Phi) is 4.35. The minimum absolute atomic E-state index is 0.155. The van der Waals surface area contributed by atoms with Gasteiger partial charge in [0.1, 0.15) is 12.1 Å². The third-order valence-electron chi connectivity index (χ3n) is 3.84. The fourth-order valence-corrected chi connectivity index (χ4v) is 2.26. The molecular weight excluding hydrogens is 240 g/mol. The summed E-state index contributed by atoms with van der Waals surface area (Å²) < 4.78 is 0. The normalized spacial score (nSPS) is 17.4. The third kappa shape index (κ3) is 3.22. The van der Waals surface area contributed by atoms with Gasteiger partial charge < -0.3 is 9.80 Å². The second-order valence-electron chi connectivity index (χ2n) is 5.10. The molecule has 5 nitrogen and oxygen atoms in total. The molecule has 0 spiro atoms. The molecule has 0 aliphatic carbocycles. The van der Waals surface area contributed by atoms with Gasteiger partial charge in [-0.25, -0.2) is 9.97 Å². The van der Waals surface area contributed by atoms with E-state index in [2.05, 4.69) is 34.8 Å². The molecule has 1 atom stereocenters. The van der Waals surface area contributed by atoms with E-state index in [1.165, 1.54) is 0 Å². The highest BCUT2D eigenvalue weighted by Gasteiger charge is 2.20. The molecule has 0 aromatic carbocycles. The van der Waals surface area contributed by atoms with Crippen molar-refractivity contribution in [3.63, 3.8) is 0 Å². The predicted molar refractivity (Wildman–Crippen MR) is 75.2 cm³/mol. The number of carbonyl (C=O) groups excluding carboxylic acids is 1. The number of amides is 1. The van der Waals surface area contributed by atoms with Crippen LogP contribution in [0.25, 0.3) is 0 Å². The van der Waals surface area contributed by atoms with Gasteiger partial charge in [0.2, 0.25) is 5.91 Å². The van der Waals surface area contributed by atoms with Crippen molar-refractivity contribution in [2.75, 3.05) is 31.1 Å². The Labute approximate surface area is 114 Å². The van der Waals surface area contributed by atoms with Crippen LogP contribution in [-0.2, 0) is 4.79 Å². The van der Waals surface area contributed by atoms with Crippen LogP contribution in [0.15, 0.2) is 12.4 Å². The van der Waals surface area contributed by atoms with Crippen molar-refractivity contribution in [1.29, 1.82) is 0 Å². The molecule has 104 valence electrons. The van der Waals surface area contributed by atoms with Gasteiger partial charge in [0, 0.05) is 44.9 Å². The maximum atomic E-state index is 11.3. The molecule has 1 saturated heterocycles. The van der Waals surface area contributed by atoms with Crippen molar-refractivity contribution in [2.45, 2.75) is 33.1 Å². The lowest BCUT2D eigenvalue weighted by Gasteiger charge is -2.35. The number of hydrogen-bond acceptors (Lipinski definition) is 4. The van der Waals surface area contributed by atoms with E-state index in [0.29, 0.717) is 5.92 Å². The van der Waals surface area contributed by atoms with E-state index in [9.17, 15) is 4.79 Å². The molecule has 2 heterocycles. The second kappa shape index (κ2) is 5.99. The van der Waals surface area contributed by atoms with Crippen LogP contribution < -0.4 is 4.90 Å². The minimum Gasteiger partial charge on any atom is -0.353 e. The van der Waals surface area contributed by atoms with E-state index in [0.717, 1.165) is 44.1 Å². The number of carbonyl (C=O) groups is 1. The lowest BCUT2D eigenvalue weighted by molar-refractivity contribution is -0.129.